The number of hydrogen-bond acceptors (Lipinski definition) is 5. The fourth-order valence-electron chi connectivity index (χ4n) is 3.24. The van der Waals surface area contributed by atoms with Crippen molar-refractivity contribution in [2.75, 3.05) is 0 Å². The van der Waals surface area contributed by atoms with Crippen molar-refractivity contribution < 1.29 is 0 Å². The van der Waals surface area contributed by atoms with Crippen molar-refractivity contribution in [1.29, 1.82) is 0 Å². The third-order valence-corrected chi connectivity index (χ3v) is 4.55. The molecule has 0 bridgehead atoms. The molecular weight excluding hydrogens is 338 g/mol. The van der Waals surface area contributed by atoms with Crippen LogP contribution in [0.15, 0.2) is 60.9 Å². The minimum Gasteiger partial charge on any atom is -0.276 e. The van der Waals surface area contributed by atoms with Crippen molar-refractivity contribution in [3.05, 3.63) is 77.9 Å². The van der Waals surface area contributed by atoms with E-state index < -0.39 is 0 Å². The van der Waals surface area contributed by atoms with Gasteiger partial charge in [-0.1, -0.05) is 17.3 Å². The van der Waals surface area contributed by atoms with Crippen LogP contribution in [-0.4, -0.2) is 34.7 Å². The molecule has 0 amide bonds. The van der Waals surface area contributed by atoms with Crippen LogP contribution in [0.25, 0.3) is 22.1 Å². The van der Waals surface area contributed by atoms with E-state index in [1.165, 1.54) is 0 Å². The van der Waals surface area contributed by atoms with Gasteiger partial charge >= 0.3 is 0 Å². The Morgan fingerprint density at radius 3 is 2.78 bits per heavy atom. The van der Waals surface area contributed by atoms with Crippen LogP contribution < -0.4 is 0 Å². The lowest BCUT2D eigenvalue weighted by Crippen LogP contribution is -2.04. The van der Waals surface area contributed by atoms with Gasteiger partial charge in [0.1, 0.15) is 5.52 Å². The maximum Gasteiger partial charge on any atom is 0.179 e. The van der Waals surface area contributed by atoms with Crippen LogP contribution in [0.5, 0.6) is 0 Å². The zero-order valence-corrected chi connectivity index (χ0v) is 14.8. The van der Waals surface area contributed by atoms with Crippen LogP contribution in [-0.2, 0) is 20.0 Å². The molecule has 7 nitrogen and oxygen atoms in total. The summed E-state index contributed by atoms with van der Waals surface area (Å²) in [5, 5.41) is 14.1. The number of aromatic nitrogens is 7. The van der Waals surface area contributed by atoms with Gasteiger partial charge in [0.05, 0.1) is 17.8 Å². The summed E-state index contributed by atoms with van der Waals surface area (Å²) in [4.78, 5) is 9.14. The van der Waals surface area contributed by atoms with Gasteiger partial charge < -0.3 is 0 Å². The molecule has 0 unspecified atom stereocenters. The molecule has 5 aromatic rings. The lowest BCUT2D eigenvalue weighted by atomic mass is 10.1. The smallest absolute Gasteiger partial charge is 0.179 e. The van der Waals surface area contributed by atoms with E-state index in [0.29, 0.717) is 13.0 Å². The van der Waals surface area contributed by atoms with Crippen LogP contribution in [0.3, 0.4) is 0 Å². The van der Waals surface area contributed by atoms with Crippen molar-refractivity contribution in [1.82, 2.24) is 34.7 Å². The molecular formula is C20H17N7. The Morgan fingerprint density at radius 2 is 1.89 bits per heavy atom. The first-order valence-corrected chi connectivity index (χ1v) is 8.76. The Hall–Kier alpha value is -3.61. The predicted molar refractivity (Wildman–Crippen MR) is 102 cm³/mol. The fraction of sp³-hybridized carbons (Fsp3) is 0.150. The fourth-order valence-corrected chi connectivity index (χ4v) is 3.24. The summed E-state index contributed by atoms with van der Waals surface area (Å²) in [7, 11) is 1.91. The average Bonchev–Trinajstić information content (AvgIpc) is 3.28. The molecule has 132 valence electrons. The summed E-state index contributed by atoms with van der Waals surface area (Å²) >= 11 is 0. The molecule has 4 heterocycles. The van der Waals surface area contributed by atoms with E-state index in [9.17, 15) is 0 Å². The highest BCUT2D eigenvalue weighted by atomic mass is 15.4. The normalized spacial score (nSPS) is 11.4. The summed E-state index contributed by atoms with van der Waals surface area (Å²) in [6, 6.07) is 16.2. The van der Waals surface area contributed by atoms with Crippen LogP contribution in [0.2, 0.25) is 0 Å². The largest absolute Gasteiger partial charge is 0.276 e. The maximum atomic E-state index is 4.77. The molecule has 0 saturated heterocycles. The highest BCUT2D eigenvalue weighted by molar-refractivity contribution is 5.79. The summed E-state index contributed by atoms with van der Waals surface area (Å²) < 4.78 is 3.64. The molecule has 0 spiro atoms. The third-order valence-electron chi connectivity index (χ3n) is 4.55. The molecule has 4 aromatic heterocycles. The van der Waals surface area contributed by atoms with Gasteiger partial charge in [-0.05, 0) is 42.0 Å². The summed E-state index contributed by atoms with van der Waals surface area (Å²) in [6.07, 6.45) is 4.43. The van der Waals surface area contributed by atoms with Crippen LogP contribution in [0, 0.1) is 0 Å². The molecule has 0 N–H and O–H groups in total. The van der Waals surface area contributed by atoms with E-state index in [1.807, 2.05) is 48.3 Å². The number of pyridine rings is 2. The molecule has 0 aliphatic rings. The van der Waals surface area contributed by atoms with Gasteiger partial charge in [-0.3, -0.25) is 9.67 Å². The van der Waals surface area contributed by atoms with Crippen molar-refractivity contribution in [2.24, 2.45) is 7.05 Å². The molecule has 0 saturated carbocycles. The van der Waals surface area contributed by atoms with Gasteiger partial charge in [0.2, 0.25) is 0 Å². The van der Waals surface area contributed by atoms with Crippen molar-refractivity contribution in [3.8, 4) is 0 Å². The second-order valence-corrected chi connectivity index (χ2v) is 6.58. The van der Waals surface area contributed by atoms with Crippen LogP contribution >= 0.6 is 0 Å². The van der Waals surface area contributed by atoms with E-state index in [0.717, 1.165) is 39.0 Å². The molecule has 0 aliphatic carbocycles. The van der Waals surface area contributed by atoms with Crippen molar-refractivity contribution >= 4 is 22.1 Å². The molecule has 7 heteroatoms. The molecule has 5 rings (SSSR count). The van der Waals surface area contributed by atoms with Crippen LogP contribution in [0.4, 0.5) is 0 Å². The quantitative estimate of drug-likeness (QED) is 0.495. The molecule has 0 radical (unpaired) electrons. The molecule has 0 fully saturated rings. The topological polar surface area (TPSA) is 74.3 Å². The van der Waals surface area contributed by atoms with Gasteiger partial charge in [0.15, 0.2) is 5.65 Å². The monoisotopic (exact) mass is 355 g/mol. The summed E-state index contributed by atoms with van der Waals surface area (Å²) in [5.41, 5.74) is 5.65. The van der Waals surface area contributed by atoms with Gasteiger partial charge in [-0.25, -0.2) is 9.67 Å². The summed E-state index contributed by atoms with van der Waals surface area (Å²) in [5.74, 6) is 0. The summed E-state index contributed by atoms with van der Waals surface area (Å²) in [6.45, 7) is 0.612. The molecule has 1 aromatic carbocycles. The Labute approximate surface area is 155 Å². The lowest BCUT2D eigenvalue weighted by molar-refractivity contribution is 0.663. The lowest BCUT2D eigenvalue weighted by Gasteiger charge is -2.05. The standard InChI is InChI=1S/C20H17N7/c1-26-10-8-17(24-26)12-16-5-7-19-20(22-16)27(25-23-19)13-14-4-6-18-15(11-14)3-2-9-21-18/h2-11H,12-13H2,1H3. The molecule has 27 heavy (non-hydrogen) atoms. The van der Waals surface area contributed by atoms with E-state index in [1.54, 1.807) is 10.9 Å². The maximum absolute atomic E-state index is 4.77. The van der Waals surface area contributed by atoms with E-state index in [4.69, 9.17) is 4.98 Å². The Bertz CT molecular complexity index is 1250. The zero-order valence-electron chi connectivity index (χ0n) is 14.8. The number of fused-ring (bicyclic) bond motifs is 2. The average molecular weight is 355 g/mol. The van der Waals surface area contributed by atoms with Gasteiger partial charge in [-0.2, -0.15) is 5.10 Å². The molecule has 0 aliphatic heterocycles. The minimum absolute atomic E-state index is 0.612. The first-order valence-electron chi connectivity index (χ1n) is 8.76. The zero-order chi connectivity index (χ0) is 18.2. The Balaban J connectivity index is 1.47. The van der Waals surface area contributed by atoms with E-state index in [-0.39, 0.29) is 0 Å². The minimum atomic E-state index is 0.612. The predicted octanol–water partition coefficient (Wildman–Crippen LogP) is 2.75. The first kappa shape index (κ1) is 15.6. The van der Waals surface area contributed by atoms with E-state index >= 15 is 0 Å². The van der Waals surface area contributed by atoms with Gasteiger partial charge in [0, 0.05) is 36.9 Å². The first-order chi connectivity index (χ1) is 13.2. The number of nitrogens with zero attached hydrogens (tertiary/aromatic N) is 7. The van der Waals surface area contributed by atoms with Gasteiger partial charge in [0.25, 0.3) is 0 Å². The SMILES string of the molecule is Cn1ccc(Cc2ccc3nnn(Cc4ccc5ncccc5c4)c3n2)n1. The highest BCUT2D eigenvalue weighted by Gasteiger charge is 2.10. The third kappa shape index (κ3) is 3.03. The molecule has 0 atom stereocenters. The second kappa shape index (κ2) is 6.28. The Kier molecular flexibility index (Phi) is 3.64. The van der Waals surface area contributed by atoms with Gasteiger partial charge in [-0.15, -0.1) is 5.10 Å². The second-order valence-electron chi connectivity index (χ2n) is 6.58. The van der Waals surface area contributed by atoms with Crippen LogP contribution in [0.1, 0.15) is 17.0 Å². The van der Waals surface area contributed by atoms with Crippen molar-refractivity contribution in [2.45, 2.75) is 13.0 Å². The number of rotatable bonds is 4. The van der Waals surface area contributed by atoms with E-state index in [2.05, 4.69) is 38.6 Å². The Morgan fingerprint density at radius 1 is 0.963 bits per heavy atom. The number of aryl methyl sites for hydroxylation is 1. The number of benzene rings is 1. The van der Waals surface area contributed by atoms with Crippen molar-refractivity contribution in [3.63, 3.8) is 0 Å². The highest BCUT2D eigenvalue weighted by Crippen LogP contribution is 2.17. The number of hydrogen-bond donors (Lipinski definition) is 0.